The lowest BCUT2D eigenvalue weighted by Gasteiger charge is -2.33. The Bertz CT molecular complexity index is 492. The first-order chi connectivity index (χ1) is 9.58. The van der Waals surface area contributed by atoms with Gasteiger partial charge in [0, 0.05) is 51.5 Å². The molecule has 8 heteroatoms. The number of rotatable bonds is 3. The van der Waals surface area contributed by atoms with Crippen molar-refractivity contribution in [1.29, 1.82) is 0 Å². The SMILES string of the molecule is O=C(O)C(=O)N1CCN(C(=O)CCn2ccnc2)CC1. The molecule has 1 N–H and O–H groups in total. The maximum absolute atomic E-state index is 12.0. The van der Waals surface area contributed by atoms with Crippen molar-refractivity contribution >= 4 is 17.8 Å². The lowest BCUT2D eigenvalue weighted by atomic mass is 10.2. The van der Waals surface area contributed by atoms with Crippen molar-refractivity contribution in [3.63, 3.8) is 0 Å². The first-order valence-corrected chi connectivity index (χ1v) is 6.33. The van der Waals surface area contributed by atoms with Crippen LogP contribution in [0.5, 0.6) is 0 Å². The summed E-state index contributed by atoms with van der Waals surface area (Å²) in [5.41, 5.74) is 0. The van der Waals surface area contributed by atoms with Gasteiger partial charge in [0.05, 0.1) is 6.33 Å². The molecule has 20 heavy (non-hydrogen) atoms. The molecule has 108 valence electrons. The monoisotopic (exact) mass is 280 g/mol. The molecule has 0 radical (unpaired) electrons. The number of aromatic nitrogens is 2. The fourth-order valence-corrected chi connectivity index (χ4v) is 2.10. The number of amides is 2. The highest BCUT2D eigenvalue weighted by atomic mass is 16.4. The lowest BCUT2D eigenvalue weighted by Crippen LogP contribution is -2.52. The van der Waals surface area contributed by atoms with Gasteiger partial charge >= 0.3 is 11.9 Å². The van der Waals surface area contributed by atoms with E-state index in [1.165, 1.54) is 4.90 Å². The van der Waals surface area contributed by atoms with E-state index in [1.54, 1.807) is 23.6 Å². The summed E-state index contributed by atoms with van der Waals surface area (Å²) in [6.45, 7) is 1.85. The van der Waals surface area contributed by atoms with Gasteiger partial charge in [-0.05, 0) is 0 Å². The van der Waals surface area contributed by atoms with Crippen LogP contribution in [0.4, 0.5) is 0 Å². The summed E-state index contributed by atoms with van der Waals surface area (Å²) < 4.78 is 1.82. The molecule has 0 unspecified atom stereocenters. The Hall–Kier alpha value is -2.38. The molecular weight excluding hydrogens is 264 g/mol. The average molecular weight is 280 g/mol. The van der Waals surface area contributed by atoms with E-state index in [-0.39, 0.29) is 19.0 Å². The van der Waals surface area contributed by atoms with Gasteiger partial charge in [-0.15, -0.1) is 0 Å². The number of aliphatic carboxylic acids is 1. The van der Waals surface area contributed by atoms with Gasteiger partial charge < -0.3 is 19.5 Å². The van der Waals surface area contributed by atoms with Gasteiger partial charge in [0.25, 0.3) is 0 Å². The number of carbonyl (C=O) groups is 3. The molecule has 1 saturated heterocycles. The third-order valence-electron chi connectivity index (χ3n) is 3.25. The highest BCUT2D eigenvalue weighted by molar-refractivity contribution is 6.31. The Kier molecular flexibility index (Phi) is 4.34. The highest BCUT2D eigenvalue weighted by Crippen LogP contribution is 2.05. The van der Waals surface area contributed by atoms with Gasteiger partial charge in [-0.1, -0.05) is 0 Å². The Morgan fingerprint density at radius 1 is 1.10 bits per heavy atom. The van der Waals surface area contributed by atoms with Gasteiger partial charge in [0.15, 0.2) is 0 Å². The van der Waals surface area contributed by atoms with Gasteiger partial charge in [-0.3, -0.25) is 9.59 Å². The van der Waals surface area contributed by atoms with Gasteiger partial charge in [-0.25, -0.2) is 9.78 Å². The van der Waals surface area contributed by atoms with Crippen LogP contribution in [0.25, 0.3) is 0 Å². The number of carbonyl (C=O) groups excluding carboxylic acids is 2. The summed E-state index contributed by atoms with van der Waals surface area (Å²) in [4.78, 5) is 40.6. The smallest absolute Gasteiger partial charge is 0.394 e. The van der Waals surface area contributed by atoms with E-state index >= 15 is 0 Å². The minimum absolute atomic E-state index is 0.00104. The standard InChI is InChI=1S/C12H16N4O4/c17-10(1-3-14-4-2-13-9-14)15-5-7-16(8-6-15)11(18)12(19)20/h2,4,9H,1,3,5-8H2,(H,19,20). The molecule has 2 amide bonds. The van der Waals surface area contributed by atoms with Crippen LogP contribution < -0.4 is 0 Å². The van der Waals surface area contributed by atoms with Crippen LogP contribution >= 0.6 is 0 Å². The fourth-order valence-electron chi connectivity index (χ4n) is 2.10. The average Bonchev–Trinajstić information content (AvgIpc) is 2.97. The van der Waals surface area contributed by atoms with Crippen molar-refractivity contribution in [1.82, 2.24) is 19.4 Å². The zero-order valence-corrected chi connectivity index (χ0v) is 10.9. The minimum Gasteiger partial charge on any atom is -0.474 e. The Labute approximate surface area is 115 Å². The third kappa shape index (κ3) is 3.34. The van der Waals surface area contributed by atoms with Crippen molar-refractivity contribution in [2.24, 2.45) is 0 Å². The second kappa shape index (κ2) is 6.18. The number of hydrogen-bond acceptors (Lipinski definition) is 4. The van der Waals surface area contributed by atoms with Gasteiger partial charge in [-0.2, -0.15) is 0 Å². The Morgan fingerprint density at radius 2 is 1.75 bits per heavy atom. The van der Waals surface area contributed by atoms with Crippen LogP contribution in [0.1, 0.15) is 6.42 Å². The van der Waals surface area contributed by atoms with Crippen molar-refractivity contribution < 1.29 is 19.5 Å². The Morgan fingerprint density at radius 3 is 2.30 bits per heavy atom. The summed E-state index contributed by atoms with van der Waals surface area (Å²) >= 11 is 0. The molecule has 2 heterocycles. The molecule has 1 aromatic rings. The maximum atomic E-state index is 12.0. The van der Waals surface area contributed by atoms with Crippen LogP contribution in [-0.4, -0.2) is 68.4 Å². The highest BCUT2D eigenvalue weighted by Gasteiger charge is 2.27. The maximum Gasteiger partial charge on any atom is 0.394 e. The van der Waals surface area contributed by atoms with Crippen molar-refractivity contribution in [2.75, 3.05) is 26.2 Å². The number of hydrogen-bond donors (Lipinski definition) is 1. The number of carboxylic acid groups (broad SMARTS) is 1. The van der Waals surface area contributed by atoms with E-state index in [0.717, 1.165) is 0 Å². The summed E-state index contributed by atoms with van der Waals surface area (Å²) in [5.74, 6) is -2.36. The van der Waals surface area contributed by atoms with Crippen molar-refractivity contribution in [3.8, 4) is 0 Å². The van der Waals surface area contributed by atoms with Crippen LogP contribution in [0.15, 0.2) is 18.7 Å². The predicted molar refractivity (Wildman–Crippen MR) is 67.6 cm³/mol. The largest absolute Gasteiger partial charge is 0.474 e. The number of imidazole rings is 1. The second-order valence-corrected chi connectivity index (χ2v) is 4.53. The van der Waals surface area contributed by atoms with Crippen LogP contribution in [-0.2, 0) is 20.9 Å². The minimum atomic E-state index is -1.45. The molecule has 0 spiro atoms. The normalized spacial score (nSPS) is 15.2. The number of carboxylic acids is 1. The van der Waals surface area contributed by atoms with E-state index in [9.17, 15) is 14.4 Å². The van der Waals surface area contributed by atoms with E-state index in [4.69, 9.17) is 5.11 Å². The van der Waals surface area contributed by atoms with Crippen molar-refractivity contribution in [3.05, 3.63) is 18.7 Å². The summed E-state index contributed by atoms with van der Waals surface area (Å²) in [5, 5.41) is 8.62. The van der Waals surface area contributed by atoms with Crippen molar-refractivity contribution in [2.45, 2.75) is 13.0 Å². The van der Waals surface area contributed by atoms with Crippen LogP contribution in [0.2, 0.25) is 0 Å². The molecule has 0 aromatic carbocycles. The number of nitrogens with zero attached hydrogens (tertiary/aromatic N) is 4. The molecule has 1 aliphatic rings. The van der Waals surface area contributed by atoms with E-state index in [1.807, 2.05) is 4.57 Å². The number of piperazine rings is 1. The van der Waals surface area contributed by atoms with Gasteiger partial charge in [0.1, 0.15) is 0 Å². The molecule has 2 rings (SSSR count). The predicted octanol–water partition coefficient (Wildman–Crippen LogP) is -0.971. The number of aryl methyl sites for hydroxylation is 1. The molecule has 0 bridgehead atoms. The molecule has 0 atom stereocenters. The summed E-state index contributed by atoms with van der Waals surface area (Å²) in [7, 11) is 0. The molecule has 0 aliphatic carbocycles. The Balaban J connectivity index is 1.77. The molecular formula is C12H16N4O4. The van der Waals surface area contributed by atoms with Crippen LogP contribution in [0, 0.1) is 0 Å². The molecule has 1 aromatic heterocycles. The van der Waals surface area contributed by atoms with Crippen LogP contribution in [0.3, 0.4) is 0 Å². The second-order valence-electron chi connectivity index (χ2n) is 4.53. The first-order valence-electron chi connectivity index (χ1n) is 6.33. The zero-order chi connectivity index (χ0) is 14.5. The zero-order valence-electron chi connectivity index (χ0n) is 10.9. The fraction of sp³-hybridized carbons (Fsp3) is 0.500. The van der Waals surface area contributed by atoms with E-state index in [2.05, 4.69) is 4.98 Å². The quantitative estimate of drug-likeness (QED) is 0.719. The third-order valence-corrected chi connectivity index (χ3v) is 3.25. The first kappa shape index (κ1) is 14.0. The van der Waals surface area contributed by atoms with E-state index < -0.39 is 11.9 Å². The summed E-state index contributed by atoms with van der Waals surface area (Å²) in [6.07, 6.45) is 5.46. The molecule has 8 nitrogen and oxygen atoms in total. The molecule has 0 saturated carbocycles. The molecule has 1 aliphatic heterocycles. The topological polar surface area (TPSA) is 95.7 Å². The van der Waals surface area contributed by atoms with E-state index in [0.29, 0.717) is 26.1 Å². The lowest BCUT2D eigenvalue weighted by molar-refractivity contribution is -0.157. The molecule has 1 fully saturated rings. The van der Waals surface area contributed by atoms with Gasteiger partial charge in [0.2, 0.25) is 5.91 Å². The summed E-state index contributed by atoms with van der Waals surface area (Å²) in [6, 6.07) is 0.